The van der Waals surface area contributed by atoms with Crippen LogP contribution in [-0.2, 0) is 13.0 Å². The summed E-state index contributed by atoms with van der Waals surface area (Å²) in [6.07, 6.45) is 3.42. The van der Waals surface area contributed by atoms with Crippen molar-refractivity contribution in [2.45, 2.75) is 32.7 Å². The zero-order chi connectivity index (χ0) is 13.2. The minimum atomic E-state index is 0.216. The molecule has 2 aliphatic rings. The number of hydrogen-bond acceptors (Lipinski definition) is 2. The zero-order valence-corrected chi connectivity index (χ0v) is 11.6. The van der Waals surface area contributed by atoms with Crippen LogP contribution in [-0.4, -0.2) is 30.4 Å². The third kappa shape index (κ3) is 2.66. The smallest absolute Gasteiger partial charge is 0.253 e. The summed E-state index contributed by atoms with van der Waals surface area (Å²) in [4.78, 5) is 14.6. The fourth-order valence-electron chi connectivity index (χ4n) is 3.17. The van der Waals surface area contributed by atoms with Gasteiger partial charge >= 0.3 is 0 Å². The van der Waals surface area contributed by atoms with Crippen molar-refractivity contribution in [1.82, 2.24) is 10.2 Å². The molecule has 1 fully saturated rings. The summed E-state index contributed by atoms with van der Waals surface area (Å²) in [5.74, 6) is 0.854. The first-order valence-corrected chi connectivity index (χ1v) is 7.36. The lowest BCUT2D eigenvalue weighted by Gasteiger charge is -2.31. The molecule has 1 unspecified atom stereocenters. The number of carbonyl (C=O) groups is 1. The largest absolute Gasteiger partial charge is 0.338 e. The Kier molecular flexibility index (Phi) is 3.56. The van der Waals surface area contributed by atoms with Crippen LogP contribution in [0.2, 0.25) is 0 Å². The molecule has 3 nitrogen and oxygen atoms in total. The van der Waals surface area contributed by atoms with Gasteiger partial charge in [-0.05, 0) is 55.0 Å². The summed E-state index contributed by atoms with van der Waals surface area (Å²) in [5, 5.41) is 3.36. The van der Waals surface area contributed by atoms with Gasteiger partial charge in [0, 0.05) is 25.2 Å². The van der Waals surface area contributed by atoms with Crippen LogP contribution in [0.3, 0.4) is 0 Å². The second-order valence-electron chi connectivity index (χ2n) is 5.91. The van der Waals surface area contributed by atoms with E-state index in [1.54, 1.807) is 0 Å². The Labute approximate surface area is 115 Å². The normalized spacial score (nSPS) is 23.0. The van der Waals surface area contributed by atoms with Gasteiger partial charge in [0.2, 0.25) is 0 Å². The van der Waals surface area contributed by atoms with Gasteiger partial charge in [0.15, 0.2) is 0 Å². The number of fused-ring (bicyclic) bond motifs is 1. The van der Waals surface area contributed by atoms with Crippen molar-refractivity contribution in [3.63, 3.8) is 0 Å². The van der Waals surface area contributed by atoms with E-state index in [0.29, 0.717) is 5.92 Å². The maximum Gasteiger partial charge on any atom is 0.253 e. The van der Waals surface area contributed by atoms with Crippen LogP contribution in [0.15, 0.2) is 18.2 Å². The number of rotatable bonds is 1. The van der Waals surface area contributed by atoms with Gasteiger partial charge in [-0.2, -0.15) is 0 Å². The summed E-state index contributed by atoms with van der Waals surface area (Å²) in [6.45, 7) is 6.02. The molecule has 0 saturated carbocycles. The highest BCUT2D eigenvalue weighted by Gasteiger charge is 2.22. The van der Waals surface area contributed by atoms with Crippen LogP contribution in [0, 0.1) is 5.92 Å². The summed E-state index contributed by atoms with van der Waals surface area (Å²) in [7, 11) is 0. The first kappa shape index (κ1) is 12.7. The number of amides is 1. The minimum absolute atomic E-state index is 0.216. The molecule has 3 rings (SSSR count). The van der Waals surface area contributed by atoms with E-state index in [4.69, 9.17) is 0 Å². The van der Waals surface area contributed by atoms with E-state index in [2.05, 4.69) is 24.4 Å². The third-order valence-corrected chi connectivity index (χ3v) is 4.28. The molecule has 0 aliphatic carbocycles. The minimum Gasteiger partial charge on any atom is -0.338 e. The van der Waals surface area contributed by atoms with E-state index in [-0.39, 0.29) is 5.91 Å². The predicted octanol–water partition coefficient (Wildman–Crippen LogP) is 2.20. The molecule has 1 atom stereocenters. The van der Waals surface area contributed by atoms with Gasteiger partial charge in [-0.25, -0.2) is 0 Å². The SMILES string of the molecule is CC1CCCN(C(=O)c2ccc3c(c2)CCNC3)C1. The van der Waals surface area contributed by atoms with Gasteiger partial charge in [-0.15, -0.1) is 0 Å². The lowest BCUT2D eigenvalue weighted by Crippen LogP contribution is -2.39. The fourth-order valence-corrected chi connectivity index (χ4v) is 3.17. The Morgan fingerprint density at radius 2 is 2.26 bits per heavy atom. The quantitative estimate of drug-likeness (QED) is 0.837. The van der Waals surface area contributed by atoms with Gasteiger partial charge in [-0.3, -0.25) is 4.79 Å². The number of nitrogens with zero attached hydrogens (tertiary/aromatic N) is 1. The molecule has 0 radical (unpaired) electrons. The van der Waals surface area contributed by atoms with E-state index in [9.17, 15) is 4.79 Å². The highest BCUT2D eigenvalue weighted by atomic mass is 16.2. The average Bonchev–Trinajstić information content (AvgIpc) is 2.46. The molecule has 0 bridgehead atoms. The van der Waals surface area contributed by atoms with Crippen LogP contribution in [0.1, 0.15) is 41.3 Å². The van der Waals surface area contributed by atoms with E-state index >= 15 is 0 Å². The predicted molar refractivity (Wildman–Crippen MR) is 76.2 cm³/mol. The zero-order valence-electron chi connectivity index (χ0n) is 11.6. The van der Waals surface area contributed by atoms with Crippen molar-refractivity contribution in [1.29, 1.82) is 0 Å². The molecule has 3 heteroatoms. The van der Waals surface area contributed by atoms with Crippen molar-refractivity contribution < 1.29 is 4.79 Å². The molecule has 2 heterocycles. The highest BCUT2D eigenvalue weighted by molar-refractivity contribution is 5.94. The number of carbonyl (C=O) groups excluding carboxylic acids is 1. The number of hydrogen-bond donors (Lipinski definition) is 1. The molecule has 1 saturated heterocycles. The number of piperidine rings is 1. The van der Waals surface area contributed by atoms with Crippen LogP contribution in [0.4, 0.5) is 0 Å². The number of nitrogens with one attached hydrogen (secondary N) is 1. The first-order valence-electron chi connectivity index (χ1n) is 7.36. The molecule has 1 amide bonds. The van der Waals surface area contributed by atoms with Crippen molar-refractivity contribution in [2.75, 3.05) is 19.6 Å². The maximum atomic E-state index is 12.5. The van der Waals surface area contributed by atoms with Crippen molar-refractivity contribution >= 4 is 5.91 Å². The van der Waals surface area contributed by atoms with Gasteiger partial charge in [0.05, 0.1) is 0 Å². The monoisotopic (exact) mass is 258 g/mol. The molecule has 0 spiro atoms. The van der Waals surface area contributed by atoms with Crippen LogP contribution in [0.25, 0.3) is 0 Å². The molecule has 1 N–H and O–H groups in total. The van der Waals surface area contributed by atoms with Crippen LogP contribution < -0.4 is 5.32 Å². The fraction of sp³-hybridized carbons (Fsp3) is 0.562. The molecular weight excluding hydrogens is 236 g/mol. The Bertz CT molecular complexity index is 484. The van der Waals surface area contributed by atoms with Gasteiger partial charge < -0.3 is 10.2 Å². The lowest BCUT2D eigenvalue weighted by molar-refractivity contribution is 0.0683. The Balaban J connectivity index is 1.79. The highest BCUT2D eigenvalue weighted by Crippen LogP contribution is 2.20. The maximum absolute atomic E-state index is 12.5. The summed E-state index contributed by atoms with van der Waals surface area (Å²) in [6, 6.07) is 6.22. The second kappa shape index (κ2) is 5.33. The molecule has 1 aromatic rings. The number of benzene rings is 1. The average molecular weight is 258 g/mol. The Morgan fingerprint density at radius 1 is 1.37 bits per heavy atom. The van der Waals surface area contributed by atoms with E-state index in [1.807, 2.05) is 11.0 Å². The molecule has 102 valence electrons. The molecule has 2 aliphatic heterocycles. The third-order valence-electron chi connectivity index (χ3n) is 4.28. The van der Waals surface area contributed by atoms with E-state index in [1.165, 1.54) is 17.5 Å². The lowest BCUT2D eigenvalue weighted by atomic mass is 9.96. The van der Waals surface area contributed by atoms with Gasteiger partial charge in [0.25, 0.3) is 5.91 Å². The Hall–Kier alpha value is -1.35. The molecule has 19 heavy (non-hydrogen) atoms. The van der Waals surface area contributed by atoms with Crippen molar-refractivity contribution in [3.8, 4) is 0 Å². The topological polar surface area (TPSA) is 32.3 Å². The molecular formula is C16H22N2O. The summed E-state index contributed by atoms with van der Waals surface area (Å²) in [5.41, 5.74) is 3.55. The van der Waals surface area contributed by atoms with Crippen LogP contribution >= 0.6 is 0 Å². The van der Waals surface area contributed by atoms with Gasteiger partial charge in [0.1, 0.15) is 0 Å². The van der Waals surface area contributed by atoms with Crippen molar-refractivity contribution in [3.05, 3.63) is 34.9 Å². The first-order chi connectivity index (χ1) is 9.24. The summed E-state index contributed by atoms with van der Waals surface area (Å²) < 4.78 is 0. The Morgan fingerprint density at radius 3 is 3.11 bits per heavy atom. The van der Waals surface area contributed by atoms with E-state index in [0.717, 1.165) is 44.6 Å². The number of likely N-dealkylation sites (tertiary alicyclic amines) is 1. The summed E-state index contributed by atoms with van der Waals surface area (Å²) >= 11 is 0. The van der Waals surface area contributed by atoms with E-state index < -0.39 is 0 Å². The van der Waals surface area contributed by atoms with Crippen LogP contribution in [0.5, 0.6) is 0 Å². The molecule has 1 aromatic carbocycles. The molecule has 0 aromatic heterocycles. The standard InChI is InChI=1S/C16H22N2O/c1-12-3-2-8-18(11-12)16(19)14-4-5-15-10-17-7-6-13(15)9-14/h4-5,9,12,17H,2-3,6-8,10-11H2,1H3. The second-order valence-corrected chi connectivity index (χ2v) is 5.91. The van der Waals surface area contributed by atoms with Gasteiger partial charge in [-0.1, -0.05) is 13.0 Å². The van der Waals surface area contributed by atoms with Crippen molar-refractivity contribution in [2.24, 2.45) is 5.92 Å².